The van der Waals surface area contributed by atoms with Crippen molar-refractivity contribution in [1.29, 1.82) is 0 Å². The molecule has 0 aromatic heterocycles. The minimum Gasteiger partial charge on any atom is -0.462 e. The van der Waals surface area contributed by atoms with E-state index in [4.69, 9.17) is 14.2 Å². The molecular formula is C69H116O6. The van der Waals surface area contributed by atoms with Gasteiger partial charge in [0.15, 0.2) is 6.10 Å². The fourth-order valence-electron chi connectivity index (χ4n) is 8.53. The quantitative estimate of drug-likeness (QED) is 0.0261. The van der Waals surface area contributed by atoms with Crippen molar-refractivity contribution in [2.24, 2.45) is 0 Å². The van der Waals surface area contributed by atoms with E-state index in [-0.39, 0.29) is 31.1 Å². The Morgan fingerprint density at radius 1 is 0.280 bits per heavy atom. The van der Waals surface area contributed by atoms with Crippen LogP contribution in [0.25, 0.3) is 0 Å². The molecule has 0 saturated carbocycles. The van der Waals surface area contributed by atoms with Gasteiger partial charge in [-0.05, 0) is 128 Å². The molecule has 0 saturated heterocycles. The van der Waals surface area contributed by atoms with Gasteiger partial charge in [-0.3, -0.25) is 14.4 Å². The molecular weight excluding hydrogens is 925 g/mol. The van der Waals surface area contributed by atoms with Crippen molar-refractivity contribution in [3.8, 4) is 0 Å². The molecule has 0 rings (SSSR count). The third-order valence-corrected chi connectivity index (χ3v) is 13.2. The van der Waals surface area contributed by atoms with Gasteiger partial charge in [0.25, 0.3) is 0 Å². The lowest BCUT2D eigenvalue weighted by Crippen LogP contribution is -2.30. The number of unbranched alkanes of at least 4 members (excludes halogenated alkanes) is 27. The molecule has 0 fully saturated rings. The van der Waals surface area contributed by atoms with E-state index in [9.17, 15) is 14.4 Å². The highest BCUT2D eigenvalue weighted by atomic mass is 16.6. The Bertz CT molecular complexity index is 1520. The van der Waals surface area contributed by atoms with Crippen LogP contribution in [0.4, 0.5) is 0 Å². The van der Waals surface area contributed by atoms with Gasteiger partial charge < -0.3 is 14.2 Å². The van der Waals surface area contributed by atoms with Crippen LogP contribution in [0.5, 0.6) is 0 Å². The molecule has 0 aliphatic heterocycles. The van der Waals surface area contributed by atoms with E-state index < -0.39 is 6.10 Å². The molecule has 0 bridgehead atoms. The zero-order valence-corrected chi connectivity index (χ0v) is 49.0. The summed E-state index contributed by atoms with van der Waals surface area (Å²) in [5.74, 6) is -0.916. The zero-order chi connectivity index (χ0) is 54.3. The highest BCUT2D eigenvalue weighted by Crippen LogP contribution is 2.15. The summed E-state index contributed by atoms with van der Waals surface area (Å²) in [5.41, 5.74) is 0. The van der Waals surface area contributed by atoms with Crippen LogP contribution in [0.2, 0.25) is 0 Å². The van der Waals surface area contributed by atoms with Crippen LogP contribution in [0.3, 0.4) is 0 Å². The van der Waals surface area contributed by atoms with Gasteiger partial charge in [0, 0.05) is 19.3 Å². The van der Waals surface area contributed by atoms with E-state index in [1.165, 1.54) is 122 Å². The number of allylic oxidation sites excluding steroid dienone is 18. The van der Waals surface area contributed by atoms with E-state index in [1.807, 2.05) is 0 Å². The van der Waals surface area contributed by atoms with Gasteiger partial charge in [0.1, 0.15) is 13.2 Å². The Hall–Kier alpha value is -3.93. The molecule has 1 unspecified atom stereocenters. The predicted molar refractivity (Wildman–Crippen MR) is 325 cm³/mol. The molecule has 0 aliphatic carbocycles. The van der Waals surface area contributed by atoms with Crippen molar-refractivity contribution < 1.29 is 28.6 Å². The van der Waals surface area contributed by atoms with E-state index in [2.05, 4.69) is 130 Å². The molecule has 0 spiro atoms. The third-order valence-electron chi connectivity index (χ3n) is 13.2. The smallest absolute Gasteiger partial charge is 0.306 e. The van der Waals surface area contributed by atoms with Crippen molar-refractivity contribution in [2.75, 3.05) is 13.2 Å². The Morgan fingerprint density at radius 3 is 0.840 bits per heavy atom. The second-order valence-electron chi connectivity index (χ2n) is 20.6. The van der Waals surface area contributed by atoms with Gasteiger partial charge in [-0.25, -0.2) is 0 Å². The molecule has 0 aliphatic rings. The first-order valence-electron chi connectivity index (χ1n) is 31.4. The number of hydrogen-bond donors (Lipinski definition) is 0. The molecule has 6 nitrogen and oxygen atoms in total. The monoisotopic (exact) mass is 1040 g/mol. The van der Waals surface area contributed by atoms with Gasteiger partial charge >= 0.3 is 17.9 Å². The molecule has 0 aromatic carbocycles. The van der Waals surface area contributed by atoms with E-state index in [1.54, 1.807) is 0 Å². The number of hydrogen-bond acceptors (Lipinski definition) is 6. The zero-order valence-electron chi connectivity index (χ0n) is 49.0. The molecule has 428 valence electrons. The third kappa shape index (κ3) is 60.8. The summed E-state index contributed by atoms with van der Waals surface area (Å²) in [4.78, 5) is 38.3. The van der Waals surface area contributed by atoms with Gasteiger partial charge in [-0.1, -0.05) is 252 Å². The van der Waals surface area contributed by atoms with Gasteiger partial charge in [-0.2, -0.15) is 0 Å². The van der Waals surface area contributed by atoms with Crippen LogP contribution in [-0.4, -0.2) is 37.2 Å². The summed E-state index contributed by atoms with van der Waals surface area (Å²) in [6.07, 6.45) is 85.1. The fraction of sp³-hybridized carbons (Fsp3) is 0.696. The summed E-state index contributed by atoms with van der Waals surface area (Å²) >= 11 is 0. The van der Waals surface area contributed by atoms with Crippen LogP contribution < -0.4 is 0 Å². The summed E-state index contributed by atoms with van der Waals surface area (Å²) in [6.45, 7) is 6.49. The van der Waals surface area contributed by atoms with Crippen molar-refractivity contribution in [3.05, 3.63) is 109 Å². The number of carbonyl (C=O) groups is 3. The Kier molecular flexibility index (Phi) is 59.3. The van der Waals surface area contributed by atoms with Crippen LogP contribution in [-0.2, 0) is 28.6 Å². The maximum atomic E-state index is 12.9. The fourth-order valence-corrected chi connectivity index (χ4v) is 8.53. The Balaban J connectivity index is 4.41. The first-order valence-corrected chi connectivity index (χ1v) is 31.4. The van der Waals surface area contributed by atoms with Crippen molar-refractivity contribution in [1.82, 2.24) is 0 Å². The molecule has 0 N–H and O–H groups in total. The minimum absolute atomic E-state index is 0.0909. The maximum absolute atomic E-state index is 12.9. The average molecular weight is 1040 g/mol. The van der Waals surface area contributed by atoms with Crippen LogP contribution in [0.1, 0.15) is 290 Å². The molecule has 0 aromatic rings. The second kappa shape index (κ2) is 62.6. The predicted octanol–water partition coefficient (Wildman–Crippen LogP) is 21.4. The Morgan fingerprint density at radius 2 is 0.520 bits per heavy atom. The van der Waals surface area contributed by atoms with Crippen LogP contribution in [0, 0.1) is 0 Å². The molecule has 0 heterocycles. The SMILES string of the molecule is CC/C=C\C/C=C\C/C=C\C/C=C\C/C=C\C/C=C\CCCCCCCCC(=O)OCC(COC(=O)CCCCCCC/C=C\CCCCCCC)OC(=O)CCCCCCCCC/C=C\C/C=C\CCCCCC. The lowest BCUT2D eigenvalue weighted by molar-refractivity contribution is -0.167. The number of rotatable bonds is 56. The average Bonchev–Trinajstić information content (AvgIpc) is 3.41. The molecule has 0 amide bonds. The van der Waals surface area contributed by atoms with E-state index >= 15 is 0 Å². The van der Waals surface area contributed by atoms with Crippen LogP contribution in [0.15, 0.2) is 109 Å². The number of esters is 3. The van der Waals surface area contributed by atoms with Gasteiger partial charge in [0.2, 0.25) is 0 Å². The normalized spacial score (nSPS) is 12.8. The summed E-state index contributed by atoms with van der Waals surface area (Å²) < 4.78 is 16.9. The van der Waals surface area contributed by atoms with E-state index in [0.717, 1.165) is 128 Å². The maximum Gasteiger partial charge on any atom is 0.306 e. The van der Waals surface area contributed by atoms with Crippen molar-refractivity contribution in [2.45, 2.75) is 297 Å². The first kappa shape index (κ1) is 71.1. The Labute approximate surface area is 463 Å². The van der Waals surface area contributed by atoms with Gasteiger partial charge in [-0.15, -0.1) is 0 Å². The summed E-state index contributed by atoms with van der Waals surface area (Å²) in [6, 6.07) is 0. The highest BCUT2D eigenvalue weighted by Gasteiger charge is 2.19. The van der Waals surface area contributed by atoms with Gasteiger partial charge in [0.05, 0.1) is 0 Å². The summed E-state index contributed by atoms with van der Waals surface area (Å²) in [5, 5.41) is 0. The first-order chi connectivity index (χ1) is 37.0. The largest absolute Gasteiger partial charge is 0.462 e. The number of carbonyl (C=O) groups excluding carboxylic acids is 3. The van der Waals surface area contributed by atoms with Crippen molar-refractivity contribution >= 4 is 17.9 Å². The minimum atomic E-state index is -0.795. The van der Waals surface area contributed by atoms with E-state index in [0.29, 0.717) is 19.3 Å². The lowest BCUT2D eigenvalue weighted by Gasteiger charge is -2.18. The second-order valence-corrected chi connectivity index (χ2v) is 20.6. The summed E-state index contributed by atoms with van der Waals surface area (Å²) in [7, 11) is 0. The lowest BCUT2D eigenvalue weighted by atomic mass is 10.1. The standard InChI is InChI=1S/C69H116O6/c1-4-7-10-13-16-19-22-25-28-30-32-33-34-35-36-37-38-40-41-44-47-50-53-56-59-62-68(71)74-65-66(64-73-67(70)61-58-55-52-49-46-43-27-24-21-18-15-12-9-6-3)75-69(72)63-60-57-54-51-48-45-42-39-31-29-26-23-20-17-14-11-8-5-2/h7,10,16,19-20,23-25,27-29,31-33,35-36,38,40,66H,4-6,8-9,11-15,17-18,21-22,26,30,34,37,39,41-65H2,1-3H3/b10-7-,19-16-,23-20-,27-24-,28-25-,31-29-,33-32-,36-35-,40-38-. The topological polar surface area (TPSA) is 78.9 Å². The van der Waals surface area contributed by atoms with Crippen molar-refractivity contribution in [3.63, 3.8) is 0 Å². The highest BCUT2D eigenvalue weighted by molar-refractivity contribution is 5.71. The number of ether oxygens (including phenoxy) is 3. The molecule has 0 radical (unpaired) electrons. The molecule has 1 atom stereocenters. The molecule has 6 heteroatoms. The molecule has 75 heavy (non-hydrogen) atoms. The van der Waals surface area contributed by atoms with Crippen LogP contribution >= 0.6 is 0 Å².